The van der Waals surface area contributed by atoms with Gasteiger partial charge < -0.3 is 9.73 Å². The number of anilines is 1. The van der Waals surface area contributed by atoms with E-state index in [1.165, 1.54) is 36.7 Å². The summed E-state index contributed by atoms with van der Waals surface area (Å²) in [6.45, 7) is 1.95. The first-order valence-corrected chi connectivity index (χ1v) is 10.7. The summed E-state index contributed by atoms with van der Waals surface area (Å²) in [4.78, 5) is 40.2. The Labute approximate surface area is 187 Å². The Kier molecular flexibility index (Phi) is 6.23. The average Bonchev–Trinajstić information content (AvgIpc) is 3.26. The van der Waals surface area contributed by atoms with Gasteiger partial charge in [-0.1, -0.05) is 36.4 Å². The first-order chi connectivity index (χ1) is 15.5. The maximum Gasteiger partial charge on any atom is 0.250 e. The number of benzene rings is 2. The Bertz CT molecular complexity index is 1370. The van der Waals surface area contributed by atoms with Gasteiger partial charge in [0.25, 0.3) is 0 Å². The van der Waals surface area contributed by atoms with Crippen LogP contribution < -0.4 is 16.1 Å². The lowest BCUT2D eigenvalue weighted by atomic mass is 10.1. The average molecular weight is 446 g/mol. The lowest BCUT2D eigenvalue weighted by Crippen LogP contribution is -2.18. The first kappa shape index (κ1) is 21.2. The maximum atomic E-state index is 12.5. The summed E-state index contributed by atoms with van der Waals surface area (Å²) in [6.07, 6.45) is 4.04. The van der Waals surface area contributed by atoms with Crippen molar-refractivity contribution >= 4 is 45.3 Å². The summed E-state index contributed by atoms with van der Waals surface area (Å²) in [6, 6.07) is 14.6. The second kappa shape index (κ2) is 9.40. The van der Waals surface area contributed by atoms with Crippen molar-refractivity contribution in [3.05, 3.63) is 87.6 Å². The molecular weight excluding hydrogens is 426 g/mol. The van der Waals surface area contributed by atoms with Crippen molar-refractivity contribution in [2.24, 2.45) is 0 Å². The number of fused-ring (bicyclic) bond motifs is 1. The van der Waals surface area contributed by atoms with Crippen LogP contribution in [-0.4, -0.2) is 16.8 Å². The molecule has 2 heterocycles. The van der Waals surface area contributed by atoms with Crippen LogP contribution >= 0.6 is 11.3 Å². The first-order valence-electron chi connectivity index (χ1n) is 9.78. The Balaban J connectivity index is 1.41. The molecule has 0 aliphatic rings. The largest absolute Gasteiger partial charge is 0.463 e. The number of nitrogens with zero attached hydrogens (tertiary/aromatic N) is 1. The van der Waals surface area contributed by atoms with Gasteiger partial charge in [-0.05, 0) is 23.8 Å². The summed E-state index contributed by atoms with van der Waals surface area (Å²) < 4.78 is 5.45. The van der Waals surface area contributed by atoms with Crippen LogP contribution in [0.25, 0.3) is 28.3 Å². The molecule has 0 bridgehead atoms. The van der Waals surface area contributed by atoms with Gasteiger partial charge in [0.15, 0.2) is 10.6 Å². The molecule has 0 saturated carbocycles. The molecule has 2 aromatic heterocycles. The van der Waals surface area contributed by atoms with Gasteiger partial charge in [0, 0.05) is 30.5 Å². The number of rotatable bonds is 6. The van der Waals surface area contributed by atoms with Gasteiger partial charge >= 0.3 is 0 Å². The molecule has 0 atom stereocenters. The monoisotopic (exact) mass is 445 g/mol. The molecule has 0 unspecified atom stereocenters. The van der Waals surface area contributed by atoms with E-state index in [9.17, 15) is 14.4 Å². The molecule has 2 N–H and O–H groups in total. The number of hydrogen-bond donors (Lipinski definition) is 2. The van der Waals surface area contributed by atoms with Crippen LogP contribution in [0.15, 0.2) is 75.5 Å². The Morgan fingerprint density at radius 1 is 1.12 bits per heavy atom. The molecule has 0 saturated heterocycles. The van der Waals surface area contributed by atoms with E-state index in [4.69, 9.17) is 4.42 Å². The minimum absolute atomic E-state index is 0.0792. The standard InChI is InChI=1S/C24H19N3O4S/c1-15(28)25-12-16-6-8-17(9-7-16)20-14-32-24(26-20)27-22(29)11-10-18-13-31-21-5-3-2-4-19(21)23(18)30/h2-11,13-14H,12H2,1H3,(H,25,28)(H,26,27,29)/b11-10+. The van der Waals surface area contributed by atoms with E-state index in [0.29, 0.717) is 22.6 Å². The smallest absolute Gasteiger partial charge is 0.250 e. The predicted molar refractivity (Wildman–Crippen MR) is 125 cm³/mol. The Hall–Kier alpha value is -4.04. The third kappa shape index (κ3) is 4.98. The second-order valence-electron chi connectivity index (χ2n) is 6.98. The number of para-hydroxylation sites is 1. The van der Waals surface area contributed by atoms with E-state index in [1.807, 2.05) is 29.6 Å². The third-order valence-corrected chi connectivity index (χ3v) is 5.40. The van der Waals surface area contributed by atoms with E-state index < -0.39 is 5.91 Å². The lowest BCUT2D eigenvalue weighted by molar-refractivity contribution is -0.119. The van der Waals surface area contributed by atoms with Crippen molar-refractivity contribution in [3.63, 3.8) is 0 Å². The van der Waals surface area contributed by atoms with Crippen LogP contribution in [0.4, 0.5) is 5.13 Å². The topological polar surface area (TPSA) is 101 Å². The highest BCUT2D eigenvalue weighted by Gasteiger charge is 2.08. The number of aromatic nitrogens is 1. The number of nitrogens with one attached hydrogen (secondary N) is 2. The number of thiazole rings is 1. The summed E-state index contributed by atoms with van der Waals surface area (Å²) in [5.41, 5.74) is 3.20. The Morgan fingerprint density at radius 3 is 2.69 bits per heavy atom. The van der Waals surface area contributed by atoms with Gasteiger partial charge in [-0.3, -0.25) is 19.7 Å². The fraction of sp³-hybridized carbons (Fsp3) is 0.0833. The van der Waals surface area contributed by atoms with Crippen LogP contribution in [-0.2, 0) is 16.1 Å². The van der Waals surface area contributed by atoms with Crippen molar-refractivity contribution in [3.8, 4) is 11.3 Å². The summed E-state index contributed by atoms with van der Waals surface area (Å²) in [5, 5.41) is 8.21. The highest BCUT2D eigenvalue weighted by molar-refractivity contribution is 7.14. The number of hydrogen-bond acceptors (Lipinski definition) is 6. The molecule has 8 heteroatoms. The molecule has 7 nitrogen and oxygen atoms in total. The molecule has 0 aliphatic carbocycles. The zero-order valence-electron chi connectivity index (χ0n) is 17.1. The summed E-state index contributed by atoms with van der Waals surface area (Å²) in [7, 11) is 0. The highest BCUT2D eigenvalue weighted by Crippen LogP contribution is 2.25. The van der Waals surface area contributed by atoms with E-state index >= 15 is 0 Å². The quantitative estimate of drug-likeness (QED) is 0.433. The minimum atomic E-state index is -0.399. The molecule has 2 aromatic carbocycles. The van der Waals surface area contributed by atoms with Gasteiger partial charge in [-0.15, -0.1) is 11.3 Å². The van der Waals surface area contributed by atoms with E-state index in [0.717, 1.165) is 16.8 Å². The second-order valence-corrected chi connectivity index (χ2v) is 7.84. The molecule has 0 radical (unpaired) electrons. The molecule has 160 valence electrons. The maximum absolute atomic E-state index is 12.5. The molecule has 32 heavy (non-hydrogen) atoms. The minimum Gasteiger partial charge on any atom is -0.463 e. The van der Waals surface area contributed by atoms with E-state index in [2.05, 4.69) is 15.6 Å². The molecule has 0 spiro atoms. The van der Waals surface area contributed by atoms with Crippen molar-refractivity contribution in [2.75, 3.05) is 5.32 Å². The predicted octanol–water partition coefficient (Wildman–Crippen LogP) is 4.20. The zero-order chi connectivity index (χ0) is 22.5. The highest BCUT2D eigenvalue weighted by atomic mass is 32.1. The zero-order valence-corrected chi connectivity index (χ0v) is 17.9. The van der Waals surface area contributed by atoms with Gasteiger partial charge in [0.1, 0.15) is 11.8 Å². The summed E-state index contributed by atoms with van der Waals surface area (Å²) in [5.74, 6) is -0.478. The molecule has 4 aromatic rings. The lowest BCUT2D eigenvalue weighted by Gasteiger charge is -2.03. The fourth-order valence-electron chi connectivity index (χ4n) is 3.00. The number of carbonyl (C=O) groups excluding carboxylic acids is 2. The molecule has 2 amide bonds. The van der Waals surface area contributed by atoms with Gasteiger partial charge in [0.2, 0.25) is 11.8 Å². The normalized spacial score (nSPS) is 11.0. The van der Waals surface area contributed by atoms with Crippen molar-refractivity contribution in [2.45, 2.75) is 13.5 Å². The van der Waals surface area contributed by atoms with E-state index in [1.54, 1.807) is 24.3 Å². The van der Waals surface area contributed by atoms with Crippen LogP contribution in [0.3, 0.4) is 0 Å². The van der Waals surface area contributed by atoms with Gasteiger partial charge in [-0.25, -0.2) is 4.98 Å². The van der Waals surface area contributed by atoms with Crippen molar-refractivity contribution < 1.29 is 14.0 Å². The molecule has 0 fully saturated rings. The summed E-state index contributed by atoms with van der Waals surface area (Å²) >= 11 is 1.30. The third-order valence-electron chi connectivity index (χ3n) is 4.65. The SMILES string of the molecule is CC(=O)NCc1ccc(-c2csc(NC(=O)/C=C/c3coc4ccccc4c3=O)n2)cc1. The van der Waals surface area contributed by atoms with Gasteiger partial charge in [0.05, 0.1) is 16.6 Å². The van der Waals surface area contributed by atoms with Crippen molar-refractivity contribution in [1.29, 1.82) is 0 Å². The Morgan fingerprint density at radius 2 is 1.91 bits per heavy atom. The van der Waals surface area contributed by atoms with E-state index in [-0.39, 0.29) is 16.9 Å². The van der Waals surface area contributed by atoms with Crippen LogP contribution in [0.1, 0.15) is 18.1 Å². The van der Waals surface area contributed by atoms with Crippen LogP contribution in [0.5, 0.6) is 0 Å². The molecule has 0 aliphatic heterocycles. The molecule has 4 rings (SSSR count). The number of carbonyl (C=O) groups is 2. The number of amides is 2. The fourth-order valence-corrected chi connectivity index (χ4v) is 3.73. The van der Waals surface area contributed by atoms with Crippen LogP contribution in [0, 0.1) is 0 Å². The van der Waals surface area contributed by atoms with Crippen LogP contribution in [0.2, 0.25) is 0 Å². The van der Waals surface area contributed by atoms with Crippen molar-refractivity contribution in [1.82, 2.24) is 10.3 Å². The van der Waals surface area contributed by atoms with Gasteiger partial charge in [-0.2, -0.15) is 0 Å². The molecular formula is C24H19N3O4S.